The van der Waals surface area contributed by atoms with Crippen LogP contribution >= 0.6 is 0 Å². The van der Waals surface area contributed by atoms with Gasteiger partial charge in [0, 0.05) is 33.3 Å². The monoisotopic (exact) mass is 386 g/mol. The molecule has 1 aliphatic heterocycles. The Kier molecular flexibility index (Phi) is 9.48. The number of aliphatic hydroxyl groups excluding tert-OH is 1. The summed E-state index contributed by atoms with van der Waals surface area (Å²) in [4.78, 5) is 14.2. The number of carbonyl (C=O) groups excluding carboxylic acids is 1. The number of methoxy groups -OCH3 is 1. The van der Waals surface area contributed by atoms with Gasteiger partial charge in [-0.3, -0.25) is 9.69 Å². The standard InChI is InChI=1S/C22H30N2O4/c1-3-4-5-10-21(16-27-2)28-17-22(26)23-13-20(25)15-24-12-11-18-8-6-7-9-19(18)14-24/h3-10,20,25H,1,11-17H2,2H3,(H,23,26)/b5-4-,21-10+. The molecule has 0 aromatic heterocycles. The molecule has 0 radical (unpaired) electrons. The summed E-state index contributed by atoms with van der Waals surface area (Å²) in [5, 5.41) is 13.0. The molecular formula is C22H30N2O4. The van der Waals surface area contributed by atoms with Gasteiger partial charge in [0.15, 0.2) is 6.61 Å². The third kappa shape index (κ3) is 7.68. The molecule has 0 saturated heterocycles. The number of nitrogens with one attached hydrogen (secondary N) is 1. The summed E-state index contributed by atoms with van der Waals surface area (Å²) in [7, 11) is 1.56. The van der Waals surface area contributed by atoms with E-state index in [0.29, 0.717) is 12.3 Å². The fraction of sp³-hybridized carbons (Fsp3) is 0.409. The fourth-order valence-electron chi connectivity index (χ4n) is 3.04. The van der Waals surface area contributed by atoms with Gasteiger partial charge in [-0.15, -0.1) is 0 Å². The summed E-state index contributed by atoms with van der Waals surface area (Å²) in [6.07, 6.45) is 7.25. The summed E-state index contributed by atoms with van der Waals surface area (Å²) in [6, 6.07) is 8.38. The second-order valence-corrected chi connectivity index (χ2v) is 6.69. The number of ether oxygens (including phenoxy) is 2. The van der Waals surface area contributed by atoms with E-state index in [9.17, 15) is 9.90 Å². The molecule has 1 heterocycles. The van der Waals surface area contributed by atoms with Crippen LogP contribution in [0.3, 0.4) is 0 Å². The second kappa shape index (κ2) is 12.1. The largest absolute Gasteiger partial charge is 0.486 e. The van der Waals surface area contributed by atoms with Crippen molar-refractivity contribution in [3.05, 3.63) is 72.0 Å². The van der Waals surface area contributed by atoms with Crippen LogP contribution in [-0.2, 0) is 27.2 Å². The van der Waals surface area contributed by atoms with Gasteiger partial charge in [0.05, 0.1) is 6.10 Å². The fourth-order valence-corrected chi connectivity index (χ4v) is 3.04. The second-order valence-electron chi connectivity index (χ2n) is 6.69. The van der Waals surface area contributed by atoms with Crippen molar-refractivity contribution in [1.82, 2.24) is 10.2 Å². The molecule has 6 nitrogen and oxygen atoms in total. The number of hydrogen-bond acceptors (Lipinski definition) is 5. The van der Waals surface area contributed by atoms with Crippen molar-refractivity contribution < 1.29 is 19.4 Å². The number of nitrogens with zero attached hydrogens (tertiary/aromatic N) is 1. The highest BCUT2D eigenvalue weighted by atomic mass is 16.5. The summed E-state index contributed by atoms with van der Waals surface area (Å²) in [5.41, 5.74) is 2.68. The molecule has 1 amide bonds. The molecule has 1 aliphatic rings. The van der Waals surface area contributed by atoms with E-state index < -0.39 is 6.10 Å². The van der Waals surface area contributed by atoms with E-state index in [0.717, 1.165) is 19.5 Å². The van der Waals surface area contributed by atoms with E-state index in [1.807, 2.05) is 6.07 Å². The maximum absolute atomic E-state index is 12.0. The topological polar surface area (TPSA) is 71.0 Å². The molecule has 2 rings (SSSR count). The van der Waals surface area contributed by atoms with Gasteiger partial charge in [-0.1, -0.05) is 49.1 Å². The molecule has 0 aliphatic carbocycles. The van der Waals surface area contributed by atoms with Crippen LogP contribution in [0.1, 0.15) is 11.1 Å². The Labute approximate surface area is 167 Å². The molecule has 2 N–H and O–H groups in total. The van der Waals surface area contributed by atoms with Gasteiger partial charge in [0.1, 0.15) is 12.4 Å². The normalized spacial score (nSPS) is 15.9. The number of rotatable bonds is 11. The molecule has 1 atom stereocenters. The van der Waals surface area contributed by atoms with E-state index in [1.54, 1.807) is 31.4 Å². The van der Waals surface area contributed by atoms with Gasteiger partial charge >= 0.3 is 0 Å². The first-order chi connectivity index (χ1) is 13.6. The quantitative estimate of drug-likeness (QED) is 0.448. The van der Waals surface area contributed by atoms with E-state index in [-0.39, 0.29) is 25.7 Å². The van der Waals surface area contributed by atoms with Crippen molar-refractivity contribution in [2.45, 2.75) is 19.1 Å². The number of benzene rings is 1. The van der Waals surface area contributed by atoms with E-state index >= 15 is 0 Å². The Morgan fingerprint density at radius 2 is 2.11 bits per heavy atom. The molecule has 28 heavy (non-hydrogen) atoms. The molecular weight excluding hydrogens is 356 g/mol. The Morgan fingerprint density at radius 1 is 1.32 bits per heavy atom. The number of β-amino-alcohol motifs (C(OH)–C–C–N with tert-alkyl or cyclic N) is 1. The van der Waals surface area contributed by atoms with Crippen molar-refractivity contribution >= 4 is 5.91 Å². The van der Waals surface area contributed by atoms with E-state index in [2.05, 4.69) is 35.0 Å². The van der Waals surface area contributed by atoms with Crippen molar-refractivity contribution in [3.63, 3.8) is 0 Å². The highest BCUT2D eigenvalue weighted by Crippen LogP contribution is 2.18. The van der Waals surface area contributed by atoms with Crippen molar-refractivity contribution in [2.75, 3.05) is 40.0 Å². The Morgan fingerprint density at radius 3 is 2.86 bits per heavy atom. The Balaban J connectivity index is 1.70. The zero-order valence-electron chi connectivity index (χ0n) is 16.5. The van der Waals surface area contributed by atoms with Crippen LogP contribution in [0.25, 0.3) is 0 Å². The molecule has 0 saturated carbocycles. The third-order valence-corrected chi connectivity index (χ3v) is 4.42. The van der Waals surface area contributed by atoms with Crippen molar-refractivity contribution in [3.8, 4) is 0 Å². The first kappa shape index (κ1) is 21.9. The molecule has 1 aromatic rings. The van der Waals surface area contributed by atoms with Gasteiger partial charge in [-0.05, 0) is 23.6 Å². The first-order valence-electron chi connectivity index (χ1n) is 9.46. The third-order valence-electron chi connectivity index (χ3n) is 4.42. The molecule has 0 bridgehead atoms. The minimum Gasteiger partial charge on any atom is -0.486 e. The molecule has 152 valence electrons. The number of amides is 1. The first-order valence-corrected chi connectivity index (χ1v) is 9.46. The highest BCUT2D eigenvalue weighted by Gasteiger charge is 2.18. The lowest BCUT2D eigenvalue weighted by Crippen LogP contribution is -2.42. The van der Waals surface area contributed by atoms with Crippen LogP contribution in [0.2, 0.25) is 0 Å². The molecule has 1 unspecified atom stereocenters. The van der Waals surface area contributed by atoms with Crippen LogP contribution in [0, 0.1) is 0 Å². The van der Waals surface area contributed by atoms with Crippen molar-refractivity contribution in [1.29, 1.82) is 0 Å². The molecule has 1 aromatic carbocycles. The minimum absolute atomic E-state index is 0.124. The number of aliphatic hydroxyl groups is 1. The number of allylic oxidation sites excluding steroid dienone is 4. The van der Waals surface area contributed by atoms with Crippen LogP contribution in [0.4, 0.5) is 0 Å². The molecule has 0 spiro atoms. The number of hydrogen-bond donors (Lipinski definition) is 2. The highest BCUT2D eigenvalue weighted by molar-refractivity contribution is 5.77. The zero-order chi connectivity index (χ0) is 20.2. The SMILES string of the molecule is C=C/C=C\C=C(/COC)OCC(=O)NCC(O)CN1CCc2ccccc2C1. The van der Waals surface area contributed by atoms with Gasteiger partial charge < -0.3 is 19.9 Å². The average Bonchev–Trinajstić information content (AvgIpc) is 2.70. The molecule has 0 fully saturated rings. The van der Waals surface area contributed by atoms with Gasteiger partial charge in [-0.25, -0.2) is 0 Å². The van der Waals surface area contributed by atoms with Gasteiger partial charge in [-0.2, -0.15) is 0 Å². The number of carbonyl (C=O) groups is 1. The van der Waals surface area contributed by atoms with E-state index in [1.165, 1.54) is 11.1 Å². The predicted octanol–water partition coefficient (Wildman–Crippen LogP) is 1.81. The Hall–Kier alpha value is -2.41. The Bertz CT molecular complexity index is 700. The molecule has 6 heteroatoms. The van der Waals surface area contributed by atoms with Crippen LogP contribution < -0.4 is 5.32 Å². The minimum atomic E-state index is -0.626. The summed E-state index contributed by atoms with van der Waals surface area (Å²) in [6.45, 7) is 6.20. The van der Waals surface area contributed by atoms with Crippen LogP contribution in [0.15, 0.2) is 60.9 Å². The smallest absolute Gasteiger partial charge is 0.258 e. The zero-order valence-corrected chi connectivity index (χ0v) is 16.5. The van der Waals surface area contributed by atoms with Crippen LogP contribution in [0.5, 0.6) is 0 Å². The summed E-state index contributed by atoms with van der Waals surface area (Å²) < 4.78 is 10.5. The van der Waals surface area contributed by atoms with Crippen LogP contribution in [-0.4, -0.2) is 62.0 Å². The van der Waals surface area contributed by atoms with Gasteiger partial charge in [0.25, 0.3) is 5.91 Å². The summed E-state index contributed by atoms with van der Waals surface area (Å²) in [5.74, 6) is 0.265. The predicted molar refractivity (Wildman–Crippen MR) is 110 cm³/mol. The van der Waals surface area contributed by atoms with Crippen molar-refractivity contribution in [2.24, 2.45) is 0 Å². The summed E-state index contributed by atoms with van der Waals surface area (Å²) >= 11 is 0. The maximum atomic E-state index is 12.0. The lowest BCUT2D eigenvalue weighted by Gasteiger charge is -2.30. The van der Waals surface area contributed by atoms with E-state index in [4.69, 9.17) is 9.47 Å². The number of fused-ring (bicyclic) bond motifs is 1. The lowest BCUT2D eigenvalue weighted by atomic mass is 10.00. The average molecular weight is 386 g/mol. The lowest BCUT2D eigenvalue weighted by molar-refractivity contribution is -0.125. The van der Waals surface area contributed by atoms with Gasteiger partial charge in [0.2, 0.25) is 0 Å². The maximum Gasteiger partial charge on any atom is 0.258 e.